The lowest BCUT2D eigenvalue weighted by molar-refractivity contribution is 0.669. The molecule has 5 heteroatoms. The topological polar surface area (TPSA) is 51.8 Å². The highest BCUT2D eigenvalue weighted by molar-refractivity contribution is 8.34. The van der Waals surface area contributed by atoms with Crippen molar-refractivity contribution in [1.82, 2.24) is 15.0 Å². The van der Waals surface area contributed by atoms with Crippen LogP contribution in [0.25, 0.3) is 99.9 Å². The van der Waals surface area contributed by atoms with Gasteiger partial charge in [0.05, 0.1) is 0 Å². The summed E-state index contributed by atoms with van der Waals surface area (Å²) in [4.78, 5) is 21.1. The first-order valence-electron chi connectivity index (χ1n) is 23.6. The number of nitrogens with zero attached hydrogens (tertiary/aromatic N) is 3. The fourth-order valence-electron chi connectivity index (χ4n) is 10.1. The zero-order valence-corrected chi connectivity index (χ0v) is 38.8. The van der Waals surface area contributed by atoms with Crippen LogP contribution in [0.3, 0.4) is 0 Å². The SMILES string of the molecule is c1ccc(-c2cccc3c(-c4nc(-c5cccc(-c6ccc7oc8ccccc8c7c6)c5)nc(-c5ccc6cc(S(c7ccccc7)(c7ccccc7)c7ccccc7)ccc6c5)n4)cccc23)cc1. The minimum atomic E-state index is -1.86. The van der Waals surface area contributed by atoms with E-state index in [2.05, 4.69) is 249 Å². The van der Waals surface area contributed by atoms with Crippen molar-refractivity contribution in [2.24, 2.45) is 0 Å². The third-order valence-electron chi connectivity index (χ3n) is 13.4. The molecule has 0 unspecified atom stereocenters. The van der Waals surface area contributed by atoms with E-state index in [0.29, 0.717) is 17.5 Å². The van der Waals surface area contributed by atoms with Gasteiger partial charge in [-0.05, 0) is 123 Å². The summed E-state index contributed by atoms with van der Waals surface area (Å²) in [6.07, 6.45) is 0. The molecule has 2 heterocycles. The first kappa shape index (κ1) is 41.3. The number of benzene rings is 11. The van der Waals surface area contributed by atoms with E-state index in [-0.39, 0.29) is 0 Å². The molecule has 0 radical (unpaired) electrons. The summed E-state index contributed by atoms with van der Waals surface area (Å²) in [7, 11) is -1.86. The van der Waals surface area contributed by atoms with E-state index < -0.39 is 10.0 Å². The van der Waals surface area contributed by atoms with Gasteiger partial charge >= 0.3 is 0 Å². The van der Waals surface area contributed by atoms with Crippen molar-refractivity contribution in [2.45, 2.75) is 19.6 Å². The molecular formula is C65H43N3OS. The second kappa shape index (κ2) is 17.3. The Morgan fingerprint density at radius 2 is 0.729 bits per heavy atom. The van der Waals surface area contributed by atoms with E-state index in [1.807, 2.05) is 12.1 Å². The molecular weight excluding hydrogens is 871 g/mol. The first-order valence-corrected chi connectivity index (χ1v) is 25.2. The minimum Gasteiger partial charge on any atom is -0.456 e. The molecule has 70 heavy (non-hydrogen) atoms. The lowest BCUT2D eigenvalue weighted by Gasteiger charge is -2.42. The molecule has 0 spiro atoms. The Balaban J connectivity index is 0.972. The molecule has 0 bridgehead atoms. The Kier molecular flexibility index (Phi) is 10.2. The van der Waals surface area contributed by atoms with E-state index in [1.165, 1.54) is 19.6 Å². The predicted molar refractivity (Wildman–Crippen MR) is 289 cm³/mol. The summed E-state index contributed by atoms with van der Waals surface area (Å²) >= 11 is 0. The highest BCUT2D eigenvalue weighted by atomic mass is 32.3. The van der Waals surface area contributed by atoms with Gasteiger partial charge in [0.1, 0.15) is 11.2 Å². The quantitative estimate of drug-likeness (QED) is 0.145. The molecule has 0 saturated carbocycles. The molecule has 0 aliphatic carbocycles. The van der Waals surface area contributed by atoms with Gasteiger partial charge in [0.25, 0.3) is 0 Å². The third kappa shape index (κ3) is 7.14. The number of para-hydroxylation sites is 1. The van der Waals surface area contributed by atoms with Crippen molar-refractivity contribution in [3.63, 3.8) is 0 Å². The molecule has 13 rings (SSSR count). The van der Waals surface area contributed by atoms with Crippen LogP contribution in [0.5, 0.6) is 0 Å². The maximum Gasteiger partial charge on any atom is 0.164 e. The molecule has 0 aliphatic heterocycles. The highest BCUT2D eigenvalue weighted by Gasteiger charge is 2.33. The van der Waals surface area contributed by atoms with Crippen LogP contribution in [0.1, 0.15) is 0 Å². The fraction of sp³-hybridized carbons (Fsp3) is 0. The Morgan fingerprint density at radius 3 is 1.43 bits per heavy atom. The molecule has 13 aromatic rings. The average molecular weight is 914 g/mol. The number of hydrogen-bond donors (Lipinski definition) is 0. The maximum atomic E-state index is 6.19. The van der Waals surface area contributed by atoms with E-state index in [1.54, 1.807) is 0 Å². The predicted octanol–water partition coefficient (Wildman–Crippen LogP) is 17.8. The summed E-state index contributed by atoms with van der Waals surface area (Å²) in [5, 5.41) is 6.66. The standard InChI is InChI=1S/C65H43N3OS/c1-5-18-44(19-6-1)55-29-16-31-57-56(55)30-17-32-59(57)65-67-63(49-21-15-20-45(40-49)48-37-39-62-60(43-48)58-28-13-14-33-61(58)69-62)66-64(68-65)50-35-34-47-42-54(38-36-46(47)41-50)70(51-22-7-2-8-23-51,52-24-9-3-10-25-52)53-26-11-4-12-27-53/h1-43H. The van der Waals surface area contributed by atoms with Crippen molar-refractivity contribution < 1.29 is 4.42 Å². The summed E-state index contributed by atoms with van der Waals surface area (Å²) in [5.41, 5.74) is 8.99. The Bertz CT molecular complexity index is 3960. The molecule has 0 N–H and O–H groups in total. The Hall–Kier alpha value is -8.90. The van der Waals surface area contributed by atoms with E-state index in [9.17, 15) is 0 Å². The average Bonchev–Trinajstić information content (AvgIpc) is 3.82. The summed E-state index contributed by atoms with van der Waals surface area (Å²) in [6.45, 7) is 0. The van der Waals surface area contributed by atoms with Gasteiger partial charge in [0.15, 0.2) is 17.5 Å². The smallest absolute Gasteiger partial charge is 0.164 e. The summed E-state index contributed by atoms with van der Waals surface area (Å²) in [6, 6.07) is 93.2. The monoisotopic (exact) mass is 913 g/mol. The Morgan fingerprint density at radius 1 is 0.257 bits per heavy atom. The van der Waals surface area contributed by atoms with Gasteiger partial charge in [0, 0.05) is 47.0 Å². The van der Waals surface area contributed by atoms with E-state index in [4.69, 9.17) is 19.4 Å². The second-order valence-corrected chi connectivity index (χ2v) is 20.7. The van der Waals surface area contributed by atoms with Crippen molar-refractivity contribution in [2.75, 3.05) is 0 Å². The van der Waals surface area contributed by atoms with Crippen LogP contribution < -0.4 is 0 Å². The van der Waals surface area contributed by atoms with E-state index in [0.717, 1.165) is 82.4 Å². The lowest BCUT2D eigenvalue weighted by Crippen LogP contribution is -2.05. The molecule has 0 aliphatic rings. The first-order chi connectivity index (χ1) is 34.7. The maximum absolute atomic E-state index is 6.19. The van der Waals surface area contributed by atoms with Crippen molar-refractivity contribution in [3.05, 3.63) is 261 Å². The van der Waals surface area contributed by atoms with Crippen molar-refractivity contribution >= 4 is 53.5 Å². The fourth-order valence-corrected chi connectivity index (χ4v) is 14.0. The van der Waals surface area contributed by atoms with Crippen LogP contribution >= 0.6 is 10.0 Å². The third-order valence-corrected chi connectivity index (χ3v) is 17.3. The Labute approximate surface area is 407 Å². The number of rotatable bonds is 9. The molecule has 4 nitrogen and oxygen atoms in total. The van der Waals surface area contributed by atoms with Crippen LogP contribution in [-0.2, 0) is 0 Å². The molecule has 330 valence electrons. The normalized spacial score (nSPS) is 11.9. The van der Waals surface area contributed by atoms with Crippen LogP contribution in [0, 0.1) is 0 Å². The highest BCUT2D eigenvalue weighted by Crippen LogP contribution is 2.73. The molecule has 0 fully saturated rings. The van der Waals surface area contributed by atoms with Gasteiger partial charge in [-0.3, -0.25) is 0 Å². The van der Waals surface area contributed by atoms with Crippen LogP contribution in [0.15, 0.2) is 285 Å². The summed E-state index contributed by atoms with van der Waals surface area (Å²) in [5.74, 6) is 1.83. The van der Waals surface area contributed by atoms with E-state index >= 15 is 0 Å². The van der Waals surface area contributed by atoms with Crippen LogP contribution in [0.4, 0.5) is 0 Å². The van der Waals surface area contributed by atoms with Crippen LogP contribution in [0.2, 0.25) is 0 Å². The zero-order valence-electron chi connectivity index (χ0n) is 38.0. The van der Waals surface area contributed by atoms with Crippen LogP contribution in [-0.4, -0.2) is 15.0 Å². The van der Waals surface area contributed by atoms with Gasteiger partial charge in [0.2, 0.25) is 0 Å². The lowest BCUT2D eigenvalue weighted by atomic mass is 9.95. The molecule has 0 saturated heterocycles. The summed E-state index contributed by atoms with van der Waals surface area (Å²) < 4.78 is 6.19. The number of hydrogen-bond acceptors (Lipinski definition) is 4. The second-order valence-electron chi connectivity index (χ2n) is 17.5. The number of furan rings is 1. The zero-order chi connectivity index (χ0) is 46.4. The number of fused-ring (bicyclic) bond motifs is 5. The van der Waals surface area contributed by atoms with Crippen molar-refractivity contribution in [1.29, 1.82) is 0 Å². The van der Waals surface area contributed by atoms with Gasteiger partial charge in [-0.15, -0.1) is 10.0 Å². The van der Waals surface area contributed by atoms with Gasteiger partial charge < -0.3 is 4.42 Å². The van der Waals surface area contributed by atoms with Gasteiger partial charge in [-0.1, -0.05) is 182 Å². The molecule has 11 aromatic carbocycles. The molecule has 2 aromatic heterocycles. The van der Waals surface area contributed by atoms with Gasteiger partial charge in [-0.2, -0.15) is 0 Å². The van der Waals surface area contributed by atoms with Crippen molar-refractivity contribution in [3.8, 4) is 56.4 Å². The van der Waals surface area contributed by atoms with Gasteiger partial charge in [-0.25, -0.2) is 15.0 Å². The minimum absolute atomic E-state index is 0.602. The molecule has 0 amide bonds. The largest absolute Gasteiger partial charge is 0.456 e. The molecule has 0 atom stereocenters. The number of aromatic nitrogens is 3.